The first kappa shape index (κ1) is 15.3. The summed E-state index contributed by atoms with van der Waals surface area (Å²) in [7, 11) is 0. The highest BCUT2D eigenvalue weighted by Gasteiger charge is 2.30. The Morgan fingerprint density at radius 1 is 1.45 bits per heavy atom. The minimum Gasteiger partial charge on any atom is -0.354 e. The molecule has 0 saturated heterocycles. The average molecular weight is 295 g/mol. The zero-order valence-corrected chi connectivity index (χ0v) is 12.9. The molecule has 0 bridgehead atoms. The number of nitrogens with one attached hydrogen (secondary N) is 1. The van der Waals surface area contributed by atoms with Crippen molar-refractivity contribution in [3.05, 3.63) is 34.9 Å². The van der Waals surface area contributed by atoms with Crippen molar-refractivity contribution in [2.45, 2.75) is 38.6 Å². The van der Waals surface area contributed by atoms with Crippen LogP contribution in [0.1, 0.15) is 38.2 Å². The van der Waals surface area contributed by atoms with Gasteiger partial charge >= 0.3 is 0 Å². The number of hydrogen-bond acceptors (Lipinski definition) is 2. The van der Waals surface area contributed by atoms with Crippen LogP contribution in [-0.2, 0) is 4.79 Å². The summed E-state index contributed by atoms with van der Waals surface area (Å²) in [4.78, 5) is 12.4. The Hall–Kier alpha value is -1.06. The Morgan fingerprint density at radius 3 is 2.70 bits per heavy atom. The van der Waals surface area contributed by atoms with E-state index in [1.807, 2.05) is 38.1 Å². The van der Waals surface area contributed by atoms with E-state index in [1.54, 1.807) is 0 Å². The Bertz CT molecular complexity index is 471. The largest absolute Gasteiger partial charge is 0.354 e. The second-order valence-corrected chi connectivity index (χ2v) is 6.46. The van der Waals surface area contributed by atoms with E-state index >= 15 is 0 Å². The number of carbonyl (C=O) groups is 1. The summed E-state index contributed by atoms with van der Waals surface area (Å²) in [5.41, 5.74) is 6.99. The average Bonchev–Trinajstić information content (AvgIpc) is 3.20. The second kappa shape index (κ2) is 6.59. The summed E-state index contributed by atoms with van der Waals surface area (Å²) in [6.45, 7) is 4.66. The minimum atomic E-state index is -0.180. The molecule has 3 nitrogen and oxygen atoms in total. The summed E-state index contributed by atoms with van der Waals surface area (Å²) < 4.78 is 0. The molecular formula is C16H23ClN2O. The van der Waals surface area contributed by atoms with Gasteiger partial charge in [0.05, 0.1) is 5.92 Å². The summed E-state index contributed by atoms with van der Waals surface area (Å²) in [6, 6.07) is 7.62. The van der Waals surface area contributed by atoms with Crippen molar-refractivity contribution in [2.75, 3.05) is 6.54 Å². The molecular weight excluding hydrogens is 272 g/mol. The van der Waals surface area contributed by atoms with E-state index < -0.39 is 0 Å². The van der Waals surface area contributed by atoms with Crippen molar-refractivity contribution in [3.8, 4) is 0 Å². The van der Waals surface area contributed by atoms with E-state index in [4.69, 9.17) is 17.3 Å². The molecule has 0 spiro atoms. The van der Waals surface area contributed by atoms with Crippen LogP contribution in [0.25, 0.3) is 0 Å². The first-order valence-corrected chi connectivity index (χ1v) is 7.65. The number of nitrogens with two attached hydrogens (primary N) is 1. The Labute approximate surface area is 125 Å². The lowest BCUT2D eigenvalue weighted by Gasteiger charge is -2.22. The molecule has 0 heterocycles. The smallest absolute Gasteiger partial charge is 0.227 e. The molecule has 1 amide bonds. The summed E-state index contributed by atoms with van der Waals surface area (Å²) in [5, 5.41) is 3.66. The number of halogens is 1. The molecule has 1 saturated carbocycles. The molecule has 1 fully saturated rings. The number of carbonyl (C=O) groups excluding carboxylic acids is 1. The van der Waals surface area contributed by atoms with E-state index in [1.165, 1.54) is 12.8 Å². The summed E-state index contributed by atoms with van der Waals surface area (Å²) in [5.74, 6) is 0.669. The molecule has 1 aliphatic carbocycles. The quantitative estimate of drug-likeness (QED) is 0.847. The molecule has 4 heteroatoms. The number of benzene rings is 1. The fourth-order valence-electron chi connectivity index (χ4n) is 2.56. The number of rotatable bonds is 6. The molecule has 2 atom stereocenters. The SMILES string of the molecule is CC(C)C(C(=O)NCC(N)C1CC1)c1cccc(Cl)c1. The van der Waals surface area contributed by atoms with Gasteiger partial charge in [0.15, 0.2) is 0 Å². The van der Waals surface area contributed by atoms with Gasteiger partial charge in [-0.1, -0.05) is 37.6 Å². The third kappa shape index (κ3) is 3.97. The van der Waals surface area contributed by atoms with Crippen LogP contribution < -0.4 is 11.1 Å². The van der Waals surface area contributed by atoms with E-state index in [-0.39, 0.29) is 23.8 Å². The predicted octanol–water partition coefficient (Wildman–Crippen LogP) is 2.93. The van der Waals surface area contributed by atoms with Crippen molar-refractivity contribution in [1.82, 2.24) is 5.32 Å². The van der Waals surface area contributed by atoms with Crippen LogP contribution in [0.2, 0.25) is 5.02 Å². The van der Waals surface area contributed by atoms with Gasteiger partial charge in [-0.25, -0.2) is 0 Å². The maximum absolute atomic E-state index is 12.4. The van der Waals surface area contributed by atoms with Crippen LogP contribution in [-0.4, -0.2) is 18.5 Å². The van der Waals surface area contributed by atoms with Crippen LogP contribution in [0.3, 0.4) is 0 Å². The van der Waals surface area contributed by atoms with Gasteiger partial charge in [-0.2, -0.15) is 0 Å². The van der Waals surface area contributed by atoms with E-state index in [9.17, 15) is 4.79 Å². The predicted molar refractivity (Wildman–Crippen MR) is 82.7 cm³/mol. The van der Waals surface area contributed by atoms with Gasteiger partial charge in [0.2, 0.25) is 5.91 Å². The van der Waals surface area contributed by atoms with Gasteiger partial charge in [-0.3, -0.25) is 4.79 Å². The topological polar surface area (TPSA) is 55.1 Å². The summed E-state index contributed by atoms with van der Waals surface area (Å²) >= 11 is 6.02. The molecule has 0 radical (unpaired) electrons. The van der Waals surface area contributed by atoms with Crippen molar-refractivity contribution in [2.24, 2.45) is 17.6 Å². The standard InChI is InChI=1S/C16H23ClN2O/c1-10(2)15(12-4-3-5-13(17)8-12)16(20)19-9-14(18)11-6-7-11/h3-5,8,10-11,14-15H,6-7,9,18H2,1-2H3,(H,19,20). The van der Waals surface area contributed by atoms with Crippen LogP contribution in [0.15, 0.2) is 24.3 Å². The van der Waals surface area contributed by atoms with Crippen molar-refractivity contribution in [1.29, 1.82) is 0 Å². The molecule has 20 heavy (non-hydrogen) atoms. The molecule has 2 unspecified atom stereocenters. The van der Waals surface area contributed by atoms with Gasteiger partial charge in [0.25, 0.3) is 0 Å². The normalized spacial score (nSPS) is 17.9. The monoisotopic (exact) mass is 294 g/mol. The third-order valence-electron chi connectivity index (χ3n) is 3.90. The lowest BCUT2D eigenvalue weighted by molar-refractivity contribution is -0.123. The maximum atomic E-state index is 12.4. The highest BCUT2D eigenvalue weighted by Crippen LogP contribution is 2.31. The van der Waals surface area contributed by atoms with E-state index in [2.05, 4.69) is 5.32 Å². The Kier molecular flexibility index (Phi) is 5.06. The maximum Gasteiger partial charge on any atom is 0.227 e. The molecule has 1 aromatic carbocycles. The van der Waals surface area contributed by atoms with Gasteiger partial charge < -0.3 is 11.1 Å². The fraction of sp³-hybridized carbons (Fsp3) is 0.562. The van der Waals surface area contributed by atoms with Gasteiger partial charge in [0, 0.05) is 17.6 Å². The molecule has 1 aromatic rings. The minimum absolute atomic E-state index is 0.0402. The second-order valence-electron chi connectivity index (χ2n) is 6.02. The molecule has 0 aromatic heterocycles. The lowest BCUT2D eigenvalue weighted by atomic mass is 9.87. The highest BCUT2D eigenvalue weighted by atomic mass is 35.5. The van der Waals surface area contributed by atoms with Crippen LogP contribution >= 0.6 is 11.6 Å². The van der Waals surface area contributed by atoms with Crippen molar-refractivity contribution >= 4 is 17.5 Å². The number of hydrogen-bond donors (Lipinski definition) is 2. The van der Waals surface area contributed by atoms with E-state index in [0.717, 1.165) is 5.56 Å². The fourth-order valence-corrected chi connectivity index (χ4v) is 2.76. The molecule has 1 aliphatic rings. The Balaban J connectivity index is 2.02. The zero-order chi connectivity index (χ0) is 14.7. The van der Waals surface area contributed by atoms with Crippen LogP contribution in [0.5, 0.6) is 0 Å². The van der Waals surface area contributed by atoms with Gasteiger partial charge in [-0.15, -0.1) is 0 Å². The molecule has 0 aliphatic heterocycles. The van der Waals surface area contributed by atoms with Crippen LogP contribution in [0, 0.1) is 11.8 Å². The third-order valence-corrected chi connectivity index (χ3v) is 4.13. The molecule has 2 rings (SSSR count). The molecule has 110 valence electrons. The van der Waals surface area contributed by atoms with Crippen molar-refractivity contribution in [3.63, 3.8) is 0 Å². The summed E-state index contributed by atoms with van der Waals surface area (Å²) in [6.07, 6.45) is 2.39. The highest BCUT2D eigenvalue weighted by molar-refractivity contribution is 6.30. The Morgan fingerprint density at radius 2 is 2.15 bits per heavy atom. The van der Waals surface area contributed by atoms with Crippen LogP contribution in [0.4, 0.5) is 0 Å². The van der Waals surface area contributed by atoms with E-state index in [0.29, 0.717) is 17.5 Å². The first-order chi connectivity index (χ1) is 9.49. The van der Waals surface area contributed by atoms with Gasteiger partial charge in [0.1, 0.15) is 0 Å². The molecule has 3 N–H and O–H groups in total. The van der Waals surface area contributed by atoms with Gasteiger partial charge in [-0.05, 0) is 42.4 Å². The van der Waals surface area contributed by atoms with Crippen molar-refractivity contribution < 1.29 is 4.79 Å². The zero-order valence-electron chi connectivity index (χ0n) is 12.1. The number of amides is 1. The lowest BCUT2D eigenvalue weighted by Crippen LogP contribution is -2.41. The first-order valence-electron chi connectivity index (χ1n) is 7.27.